The van der Waals surface area contributed by atoms with Crippen molar-refractivity contribution in [3.63, 3.8) is 0 Å². The molecule has 2 heterocycles. The summed E-state index contributed by atoms with van der Waals surface area (Å²) in [5, 5.41) is 0. The molecule has 0 saturated carbocycles. The van der Waals surface area contributed by atoms with E-state index in [2.05, 4.69) is 101 Å². The predicted molar refractivity (Wildman–Crippen MR) is 215 cm³/mol. The van der Waals surface area contributed by atoms with E-state index in [1.807, 2.05) is 0 Å². The summed E-state index contributed by atoms with van der Waals surface area (Å²) in [5.74, 6) is 1.74. The molecule has 2 aliphatic rings. The van der Waals surface area contributed by atoms with E-state index in [4.69, 9.17) is 47.1 Å². The van der Waals surface area contributed by atoms with Crippen LogP contribution in [0.4, 0.5) is 0 Å². The molecule has 50 heavy (non-hydrogen) atoms. The fourth-order valence-corrected chi connectivity index (χ4v) is 38.7. The van der Waals surface area contributed by atoms with Gasteiger partial charge in [-0.15, -0.1) is 0 Å². The third-order valence-corrected chi connectivity index (χ3v) is 38.3. The summed E-state index contributed by atoms with van der Waals surface area (Å²) in [7, 11) is -14.1. The molecule has 2 aromatic carbocycles. The van der Waals surface area contributed by atoms with Crippen LogP contribution >= 0.6 is 0 Å². The van der Waals surface area contributed by atoms with E-state index in [9.17, 15) is 0 Å². The summed E-state index contributed by atoms with van der Waals surface area (Å²) in [5.41, 5.74) is 2.46. The van der Waals surface area contributed by atoms with Gasteiger partial charge in [-0.2, -0.15) is 0 Å². The highest BCUT2D eigenvalue weighted by Gasteiger charge is 2.47. The van der Waals surface area contributed by atoms with Crippen molar-refractivity contribution in [2.75, 3.05) is 26.9 Å². The van der Waals surface area contributed by atoms with Gasteiger partial charge in [0.15, 0.2) is 0 Å². The van der Waals surface area contributed by atoms with Gasteiger partial charge in [0.25, 0.3) is 46.4 Å². The molecular formula is C31H60O11Si8. The number of methoxy groups -OCH3 is 1. The van der Waals surface area contributed by atoms with Gasteiger partial charge in [0, 0.05) is 13.7 Å². The Bertz CT molecular complexity index is 1270. The van der Waals surface area contributed by atoms with Crippen LogP contribution in [0.3, 0.4) is 0 Å². The van der Waals surface area contributed by atoms with Crippen molar-refractivity contribution in [1.82, 2.24) is 0 Å². The fourth-order valence-electron chi connectivity index (χ4n) is 6.57. The van der Waals surface area contributed by atoms with Gasteiger partial charge < -0.3 is 47.1 Å². The molecule has 282 valence electrons. The molecule has 2 fully saturated rings. The zero-order valence-electron chi connectivity index (χ0n) is 31.6. The molecule has 0 bridgehead atoms. The second-order valence-electron chi connectivity index (χ2n) is 13.7. The van der Waals surface area contributed by atoms with Crippen molar-refractivity contribution in [2.24, 2.45) is 0 Å². The molecule has 0 spiro atoms. The molecule has 2 aromatic rings. The van der Waals surface area contributed by atoms with Crippen LogP contribution in [-0.2, 0) is 44.1 Å². The molecule has 11 nitrogen and oxygen atoms in total. The highest BCUT2D eigenvalue weighted by Crippen LogP contribution is 2.30. The normalized spacial score (nSPS) is 32.4. The van der Waals surface area contributed by atoms with Gasteiger partial charge in [-0.25, -0.2) is 0 Å². The van der Waals surface area contributed by atoms with Crippen LogP contribution in [0.2, 0.25) is 70.5 Å². The molecule has 2 aliphatic heterocycles. The minimum Gasteiger partial charge on any atom is -0.494 e. The van der Waals surface area contributed by atoms with Crippen molar-refractivity contribution in [1.29, 1.82) is 0 Å². The van der Waals surface area contributed by atoms with Crippen molar-refractivity contribution in [3.05, 3.63) is 59.7 Å². The third kappa shape index (κ3) is 14.7. The summed E-state index contributed by atoms with van der Waals surface area (Å²) in [6.07, 6.45) is 3.48. The Kier molecular flexibility index (Phi) is 17.0. The average Bonchev–Trinajstić information content (AvgIpc) is 3.01. The molecule has 0 amide bonds. The Morgan fingerprint density at radius 1 is 0.500 bits per heavy atom. The van der Waals surface area contributed by atoms with Crippen molar-refractivity contribution in [2.45, 2.75) is 96.2 Å². The van der Waals surface area contributed by atoms with Gasteiger partial charge in [0.05, 0.1) is 13.2 Å². The standard InChI is InChI=1S/C31H60O11Si8/c1-32-21-10-25-49(8)40-46(5)37-47(6)41-50(9,42-49)26-12-23-34-31-19-15-29(16-20-31)27-28-13-17-30(18-14-28)33-22-11-24-48(7)38-44(3)35-43(2)36-45(4)39-48/h13-20,43-47H,10-12,21-27H2,1-9H3. The molecule has 0 aromatic heterocycles. The maximum Gasteiger partial charge on any atom is 0.317 e. The lowest BCUT2D eigenvalue weighted by molar-refractivity contribution is 0.193. The molecule has 0 aliphatic carbocycles. The third-order valence-electron chi connectivity index (χ3n) is 8.56. The zero-order valence-corrected chi connectivity index (χ0v) is 40.3. The van der Waals surface area contributed by atoms with Gasteiger partial charge in [-0.1, -0.05) is 24.3 Å². The predicted octanol–water partition coefficient (Wildman–Crippen LogP) is 5.48. The summed E-state index contributed by atoms with van der Waals surface area (Å²) in [6, 6.07) is 19.3. The highest BCUT2D eigenvalue weighted by molar-refractivity contribution is 6.87. The largest absolute Gasteiger partial charge is 0.494 e. The maximum atomic E-state index is 6.84. The molecule has 19 heteroatoms. The van der Waals surface area contributed by atoms with Crippen LogP contribution < -0.4 is 9.47 Å². The van der Waals surface area contributed by atoms with Gasteiger partial charge in [0.2, 0.25) is 0 Å². The lowest BCUT2D eigenvalue weighted by Crippen LogP contribution is -2.59. The van der Waals surface area contributed by atoms with Gasteiger partial charge >= 0.3 is 25.7 Å². The maximum absolute atomic E-state index is 6.84. The van der Waals surface area contributed by atoms with Crippen LogP contribution in [0.5, 0.6) is 11.5 Å². The quantitative estimate of drug-likeness (QED) is 0.159. The van der Waals surface area contributed by atoms with Crippen molar-refractivity contribution in [3.8, 4) is 11.5 Å². The first-order chi connectivity index (χ1) is 23.8. The SMILES string of the molecule is COCCC[Si]1(C)O[SiH](C)O[SiH](C)O[Si](C)(CCCOc2ccc(Cc3ccc(OCCC[Si]4(C)O[SiH](C)O[SiH](C)O[SiH](C)O4)cc3)cc2)O1. The molecular weight excluding hydrogens is 773 g/mol. The smallest absolute Gasteiger partial charge is 0.317 e. The molecule has 2 saturated heterocycles. The Hall–Kier alpha value is -0.585. The van der Waals surface area contributed by atoms with E-state index in [1.165, 1.54) is 11.1 Å². The Morgan fingerprint density at radius 2 is 0.860 bits per heavy atom. The van der Waals surface area contributed by atoms with Crippen LogP contribution in [0, 0.1) is 0 Å². The lowest BCUT2D eigenvalue weighted by Gasteiger charge is -2.42. The van der Waals surface area contributed by atoms with Crippen molar-refractivity contribution >= 4 is 72.1 Å². The summed E-state index contributed by atoms with van der Waals surface area (Å²) >= 11 is 0. The Balaban J connectivity index is 1.18. The Labute approximate surface area is 312 Å². The summed E-state index contributed by atoms with van der Waals surface area (Å²) in [4.78, 5) is 0. The van der Waals surface area contributed by atoms with E-state index < -0.39 is 72.1 Å². The van der Waals surface area contributed by atoms with E-state index >= 15 is 0 Å². The first kappa shape index (κ1) is 42.2. The number of hydrogen-bond acceptors (Lipinski definition) is 11. The van der Waals surface area contributed by atoms with E-state index in [1.54, 1.807) is 7.11 Å². The topological polar surface area (TPSA) is 102 Å². The number of ether oxygens (including phenoxy) is 3. The van der Waals surface area contributed by atoms with Crippen LogP contribution in [-0.4, -0.2) is 99.0 Å². The second kappa shape index (κ2) is 20.2. The molecule has 0 radical (unpaired) electrons. The van der Waals surface area contributed by atoms with Gasteiger partial charge in [-0.05, 0) is 132 Å². The van der Waals surface area contributed by atoms with Gasteiger partial charge in [0.1, 0.15) is 11.5 Å². The van der Waals surface area contributed by atoms with Crippen LogP contribution in [0.25, 0.3) is 0 Å². The highest BCUT2D eigenvalue weighted by atomic mass is 28.5. The van der Waals surface area contributed by atoms with E-state index in [0.29, 0.717) is 19.8 Å². The number of hydrogen-bond donors (Lipinski definition) is 0. The van der Waals surface area contributed by atoms with E-state index in [0.717, 1.165) is 55.3 Å². The zero-order chi connectivity index (χ0) is 36.2. The molecule has 0 N–H and O–H groups in total. The van der Waals surface area contributed by atoms with Crippen LogP contribution in [0.15, 0.2) is 48.5 Å². The Morgan fingerprint density at radius 3 is 1.28 bits per heavy atom. The van der Waals surface area contributed by atoms with E-state index in [-0.39, 0.29) is 0 Å². The molecule has 4 rings (SSSR count). The minimum absolute atomic E-state index is 0.605. The molecule has 6 atom stereocenters. The summed E-state index contributed by atoms with van der Waals surface area (Å²) < 4.78 is 68.5. The molecule has 6 unspecified atom stereocenters. The van der Waals surface area contributed by atoms with Gasteiger partial charge in [-0.3, -0.25) is 0 Å². The monoisotopic (exact) mass is 832 g/mol. The average molecular weight is 833 g/mol. The second-order valence-corrected chi connectivity index (χ2v) is 35.5. The summed E-state index contributed by atoms with van der Waals surface area (Å²) in [6.45, 7) is 18.8. The first-order valence-electron chi connectivity index (χ1n) is 18.1. The number of benzene rings is 2. The first-order valence-corrected chi connectivity index (χ1v) is 36.1. The lowest BCUT2D eigenvalue weighted by atomic mass is 10.0. The number of rotatable bonds is 16. The van der Waals surface area contributed by atoms with Crippen LogP contribution in [0.1, 0.15) is 30.4 Å². The minimum atomic E-state index is -2.48. The fraction of sp³-hybridized carbons (Fsp3) is 0.613. The van der Waals surface area contributed by atoms with Crippen molar-refractivity contribution < 1.29 is 47.1 Å².